The topological polar surface area (TPSA) is 102 Å². The maximum Gasteiger partial charge on any atom is 0.471 e. The molecule has 1 aromatic rings. The highest BCUT2D eigenvalue weighted by Gasteiger charge is 2.38. The number of nitrogens with one attached hydrogen (secondary N) is 1. The summed E-state index contributed by atoms with van der Waals surface area (Å²) >= 11 is 0. The number of sulfone groups is 1. The molecule has 1 rings (SSSR count). The standard InChI is InChI=1S/C18H26F3NO6S/c1-13(2)14(12-29(25,26)16-5-3-15(23)4-6-16)11-28-10-9-27-8-7-22-17(24)18(19,20)21/h3-6,13-14,23H,7-12H2,1-2H3,(H,22,24)/t14-/m1/s1. The van der Waals surface area contributed by atoms with Gasteiger partial charge in [-0.05, 0) is 36.1 Å². The first-order valence-electron chi connectivity index (χ1n) is 8.95. The van der Waals surface area contributed by atoms with Crippen molar-refractivity contribution in [2.24, 2.45) is 11.8 Å². The van der Waals surface area contributed by atoms with Crippen molar-refractivity contribution >= 4 is 15.7 Å². The van der Waals surface area contributed by atoms with Crippen molar-refractivity contribution in [3.63, 3.8) is 0 Å². The first kappa shape index (κ1) is 25.2. The number of rotatable bonds is 12. The zero-order valence-electron chi connectivity index (χ0n) is 16.2. The summed E-state index contributed by atoms with van der Waals surface area (Å²) < 4.78 is 71.5. The average Bonchev–Trinajstić information content (AvgIpc) is 2.62. The van der Waals surface area contributed by atoms with Gasteiger partial charge in [-0.15, -0.1) is 0 Å². The Kier molecular flexibility index (Phi) is 9.87. The van der Waals surface area contributed by atoms with Gasteiger partial charge in [0.05, 0.1) is 37.1 Å². The van der Waals surface area contributed by atoms with Gasteiger partial charge in [-0.3, -0.25) is 4.79 Å². The van der Waals surface area contributed by atoms with Crippen molar-refractivity contribution < 1.29 is 41.0 Å². The molecular weight excluding hydrogens is 415 g/mol. The second-order valence-electron chi connectivity index (χ2n) is 6.72. The second kappa shape index (κ2) is 11.4. The third-order valence-corrected chi connectivity index (χ3v) is 5.92. The number of hydrogen-bond acceptors (Lipinski definition) is 6. The van der Waals surface area contributed by atoms with Crippen LogP contribution in [0.5, 0.6) is 5.75 Å². The van der Waals surface area contributed by atoms with Gasteiger partial charge in [0, 0.05) is 6.54 Å². The molecule has 0 spiro atoms. The lowest BCUT2D eigenvalue weighted by Gasteiger charge is -2.21. The monoisotopic (exact) mass is 441 g/mol. The molecular formula is C18H26F3NO6S. The van der Waals surface area contributed by atoms with Crippen LogP contribution in [0.2, 0.25) is 0 Å². The molecule has 0 aliphatic carbocycles. The van der Waals surface area contributed by atoms with E-state index in [-0.39, 0.29) is 61.2 Å². The quantitative estimate of drug-likeness (QED) is 0.482. The first-order chi connectivity index (χ1) is 13.4. The van der Waals surface area contributed by atoms with Gasteiger partial charge in [0.15, 0.2) is 9.84 Å². The smallest absolute Gasteiger partial charge is 0.471 e. The van der Waals surface area contributed by atoms with Gasteiger partial charge >= 0.3 is 12.1 Å². The Bertz CT molecular complexity index is 735. The van der Waals surface area contributed by atoms with Crippen molar-refractivity contribution in [1.82, 2.24) is 5.32 Å². The van der Waals surface area contributed by atoms with Crippen LogP contribution in [0.1, 0.15) is 13.8 Å². The molecule has 1 atom stereocenters. The number of phenolic OH excluding ortho intramolecular Hbond substituents is 1. The molecule has 0 saturated carbocycles. The molecule has 0 fully saturated rings. The van der Waals surface area contributed by atoms with Crippen LogP contribution in [0, 0.1) is 11.8 Å². The molecule has 0 bridgehead atoms. The minimum absolute atomic E-state index is 0.0225. The highest BCUT2D eigenvalue weighted by Crippen LogP contribution is 2.21. The number of carbonyl (C=O) groups is 1. The third-order valence-electron chi connectivity index (χ3n) is 4.07. The van der Waals surface area contributed by atoms with Crippen molar-refractivity contribution in [2.45, 2.75) is 24.9 Å². The summed E-state index contributed by atoms with van der Waals surface area (Å²) in [6.07, 6.45) is -4.92. The number of phenols is 1. The van der Waals surface area contributed by atoms with E-state index in [9.17, 15) is 31.5 Å². The van der Waals surface area contributed by atoms with Crippen LogP contribution in [0.4, 0.5) is 13.2 Å². The highest BCUT2D eigenvalue weighted by atomic mass is 32.2. The van der Waals surface area contributed by atoms with E-state index in [0.29, 0.717) is 0 Å². The van der Waals surface area contributed by atoms with E-state index in [4.69, 9.17) is 9.47 Å². The van der Waals surface area contributed by atoms with Crippen LogP contribution >= 0.6 is 0 Å². The van der Waals surface area contributed by atoms with Crippen LogP contribution in [0.15, 0.2) is 29.2 Å². The van der Waals surface area contributed by atoms with Gasteiger partial charge in [0.25, 0.3) is 0 Å². The summed E-state index contributed by atoms with van der Waals surface area (Å²) in [6.45, 7) is 3.77. The largest absolute Gasteiger partial charge is 0.508 e. The summed E-state index contributed by atoms with van der Waals surface area (Å²) in [5.41, 5.74) is 0. The fourth-order valence-electron chi connectivity index (χ4n) is 2.26. The van der Waals surface area contributed by atoms with Crippen molar-refractivity contribution in [2.75, 3.05) is 38.7 Å². The molecule has 0 radical (unpaired) electrons. The Morgan fingerprint density at radius 3 is 2.24 bits per heavy atom. The molecule has 0 saturated heterocycles. The lowest BCUT2D eigenvalue weighted by molar-refractivity contribution is -0.173. The number of ether oxygens (including phenoxy) is 2. The molecule has 0 heterocycles. The molecule has 29 heavy (non-hydrogen) atoms. The van der Waals surface area contributed by atoms with Crippen LogP contribution < -0.4 is 5.32 Å². The minimum atomic E-state index is -4.92. The van der Waals surface area contributed by atoms with Gasteiger partial charge in [-0.1, -0.05) is 13.8 Å². The SMILES string of the molecule is CC(C)[C@H](COCCOCCNC(=O)C(F)(F)F)CS(=O)(=O)c1ccc(O)cc1. The zero-order valence-corrected chi connectivity index (χ0v) is 17.1. The average molecular weight is 441 g/mol. The van der Waals surface area contributed by atoms with Gasteiger partial charge in [-0.2, -0.15) is 13.2 Å². The summed E-state index contributed by atoms with van der Waals surface area (Å²) in [6, 6.07) is 5.30. The van der Waals surface area contributed by atoms with Crippen LogP contribution in [-0.4, -0.2) is 64.3 Å². The summed E-state index contributed by atoms with van der Waals surface area (Å²) in [4.78, 5) is 10.7. The normalized spacial score (nSPS) is 13.4. The molecule has 0 unspecified atom stereocenters. The van der Waals surface area contributed by atoms with E-state index in [0.717, 1.165) is 0 Å². The van der Waals surface area contributed by atoms with Crippen molar-refractivity contribution in [3.05, 3.63) is 24.3 Å². The Labute approximate surface area is 168 Å². The molecule has 1 amide bonds. The molecule has 2 N–H and O–H groups in total. The van der Waals surface area contributed by atoms with Crippen molar-refractivity contribution in [3.8, 4) is 5.75 Å². The Morgan fingerprint density at radius 1 is 1.10 bits per heavy atom. The minimum Gasteiger partial charge on any atom is -0.508 e. The molecule has 0 aliphatic heterocycles. The predicted molar refractivity (Wildman–Crippen MR) is 99.2 cm³/mol. The highest BCUT2D eigenvalue weighted by molar-refractivity contribution is 7.91. The van der Waals surface area contributed by atoms with E-state index in [1.165, 1.54) is 24.3 Å². The van der Waals surface area contributed by atoms with Crippen LogP contribution in [0.25, 0.3) is 0 Å². The molecule has 0 aromatic heterocycles. The lowest BCUT2D eigenvalue weighted by Crippen LogP contribution is -2.38. The summed E-state index contributed by atoms with van der Waals surface area (Å²) in [5.74, 6) is -2.42. The fraction of sp³-hybridized carbons (Fsp3) is 0.611. The maximum atomic E-state index is 12.5. The molecule has 11 heteroatoms. The number of halogens is 3. The molecule has 7 nitrogen and oxygen atoms in total. The van der Waals surface area contributed by atoms with Crippen LogP contribution in [0.3, 0.4) is 0 Å². The number of carbonyl (C=O) groups excluding carboxylic acids is 1. The maximum absolute atomic E-state index is 12.5. The van der Waals surface area contributed by atoms with Crippen LogP contribution in [-0.2, 0) is 24.1 Å². The number of amides is 1. The second-order valence-corrected chi connectivity index (χ2v) is 8.75. The third kappa shape index (κ3) is 9.46. The van der Waals surface area contributed by atoms with E-state index in [1.54, 1.807) is 5.32 Å². The number of alkyl halides is 3. The van der Waals surface area contributed by atoms with Gasteiger partial charge < -0.3 is 19.9 Å². The van der Waals surface area contributed by atoms with E-state index < -0.39 is 21.9 Å². The van der Waals surface area contributed by atoms with E-state index in [2.05, 4.69) is 0 Å². The fourth-order valence-corrected chi connectivity index (χ4v) is 4.04. The Balaban J connectivity index is 2.33. The Morgan fingerprint density at radius 2 is 1.69 bits per heavy atom. The van der Waals surface area contributed by atoms with E-state index >= 15 is 0 Å². The van der Waals surface area contributed by atoms with E-state index in [1.807, 2.05) is 13.8 Å². The lowest BCUT2D eigenvalue weighted by atomic mass is 9.99. The number of benzene rings is 1. The summed E-state index contributed by atoms with van der Waals surface area (Å²) in [7, 11) is -3.55. The number of aromatic hydroxyl groups is 1. The summed E-state index contributed by atoms with van der Waals surface area (Å²) in [5, 5.41) is 11.0. The van der Waals surface area contributed by atoms with Gasteiger partial charge in [0.1, 0.15) is 5.75 Å². The van der Waals surface area contributed by atoms with Gasteiger partial charge in [0.2, 0.25) is 0 Å². The first-order valence-corrected chi connectivity index (χ1v) is 10.6. The zero-order chi connectivity index (χ0) is 22.1. The molecule has 1 aromatic carbocycles. The molecule has 0 aliphatic rings. The number of hydrogen-bond donors (Lipinski definition) is 2. The van der Waals surface area contributed by atoms with Crippen molar-refractivity contribution in [1.29, 1.82) is 0 Å². The Hall–Kier alpha value is -1.85. The predicted octanol–water partition coefficient (Wildman–Crippen LogP) is 2.15. The molecule has 166 valence electrons. The van der Waals surface area contributed by atoms with Gasteiger partial charge in [-0.25, -0.2) is 8.42 Å².